The highest BCUT2D eigenvalue weighted by atomic mass is 35.5. The summed E-state index contributed by atoms with van der Waals surface area (Å²) in [6.45, 7) is 4.46. The van der Waals surface area contributed by atoms with Crippen molar-refractivity contribution in [2.24, 2.45) is 0 Å². The number of aromatic amines is 1. The van der Waals surface area contributed by atoms with E-state index in [1.807, 2.05) is 30.0 Å². The zero-order valence-corrected chi connectivity index (χ0v) is 20.5. The molecule has 2 aliphatic rings. The fraction of sp³-hybridized carbons (Fsp3) is 0.320. The second-order valence-electron chi connectivity index (χ2n) is 9.25. The molecule has 1 atom stereocenters. The number of anilines is 1. The minimum Gasteiger partial charge on any atom is -0.486 e. The normalized spacial score (nSPS) is 17.7. The molecule has 0 bridgehead atoms. The van der Waals surface area contributed by atoms with Crippen LogP contribution in [0, 0.1) is 5.82 Å². The van der Waals surface area contributed by atoms with Crippen molar-refractivity contribution in [1.82, 2.24) is 25.5 Å². The van der Waals surface area contributed by atoms with Crippen LogP contribution in [0.2, 0.25) is 10.0 Å². The van der Waals surface area contributed by atoms with Gasteiger partial charge in [0.25, 0.3) is 0 Å². The predicted molar refractivity (Wildman–Crippen MR) is 135 cm³/mol. The largest absolute Gasteiger partial charge is 0.486 e. The van der Waals surface area contributed by atoms with Crippen LogP contribution < -0.4 is 15.0 Å². The first-order chi connectivity index (χ1) is 16.9. The average Bonchev–Trinajstić information content (AvgIpc) is 3.45. The molecular formula is C25H23Cl2FN6O. The van der Waals surface area contributed by atoms with Gasteiger partial charge in [-0.15, -0.1) is 0 Å². The van der Waals surface area contributed by atoms with Crippen molar-refractivity contribution >= 4 is 39.9 Å². The number of nitrogens with zero attached hydrogens (tertiary/aromatic N) is 4. The molecule has 0 amide bonds. The quantitative estimate of drug-likeness (QED) is 0.365. The molecule has 2 saturated heterocycles. The number of aromatic nitrogens is 4. The van der Waals surface area contributed by atoms with E-state index in [-0.39, 0.29) is 11.4 Å². The second-order valence-corrected chi connectivity index (χ2v) is 10.1. The van der Waals surface area contributed by atoms with Gasteiger partial charge in [0.15, 0.2) is 11.6 Å². The van der Waals surface area contributed by atoms with Crippen LogP contribution in [0.15, 0.2) is 42.9 Å². The highest BCUT2D eigenvalue weighted by Gasteiger charge is 2.45. The Balaban J connectivity index is 1.26. The zero-order valence-electron chi connectivity index (χ0n) is 19.0. The van der Waals surface area contributed by atoms with Crippen LogP contribution in [-0.2, 0) is 0 Å². The highest BCUT2D eigenvalue weighted by Crippen LogP contribution is 2.37. The Morgan fingerprint density at radius 3 is 2.66 bits per heavy atom. The van der Waals surface area contributed by atoms with E-state index in [0.29, 0.717) is 38.4 Å². The number of nitrogens with one attached hydrogen (secondary N) is 2. The molecule has 4 aromatic rings. The molecule has 10 heteroatoms. The smallest absolute Gasteiger partial charge is 0.166 e. The minimum atomic E-state index is -0.404. The first-order valence-electron chi connectivity index (χ1n) is 11.5. The monoisotopic (exact) mass is 512 g/mol. The fourth-order valence-corrected chi connectivity index (χ4v) is 5.80. The lowest BCUT2D eigenvalue weighted by molar-refractivity contribution is 0.227. The summed E-state index contributed by atoms with van der Waals surface area (Å²) in [5.41, 5.74) is 2.80. The summed E-state index contributed by atoms with van der Waals surface area (Å²) in [6.07, 6.45) is 6.64. The van der Waals surface area contributed by atoms with Gasteiger partial charge in [-0.2, -0.15) is 5.10 Å². The van der Waals surface area contributed by atoms with Crippen molar-refractivity contribution in [3.63, 3.8) is 0 Å². The van der Waals surface area contributed by atoms with E-state index in [4.69, 9.17) is 27.9 Å². The van der Waals surface area contributed by atoms with Crippen LogP contribution in [0.3, 0.4) is 0 Å². The standard InChI is InChI=1S/C25H23Cl2FN6O/c1-14(22-18(26)10-29-11-19(22)27)35-16-3-4-21-17(8-16)23(33-32-21)15-7-20(28)24(30-9-15)34-12-25(13-34)5-2-6-31-25/h3-4,7-11,14,31H,2,5-6,12-13H2,1H3,(H,32,33)/t14-/m1/s1. The molecule has 180 valence electrons. The van der Waals surface area contributed by atoms with Crippen LogP contribution in [-0.4, -0.2) is 45.3 Å². The molecule has 3 aromatic heterocycles. The van der Waals surface area contributed by atoms with Crippen molar-refractivity contribution in [2.45, 2.75) is 31.4 Å². The van der Waals surface area contributed by atoms with E-state index in [2.05, 4.69) is 25.5 Å². The molecular weight excluding hydrogens is 490 g/mol. The Morgan fingerprint density at radius 1 is 1.14 bits per heavy atom. The van der Waals surface area contributed by atoms with Crippen molar-refractivity contribution < 1.29 is 9.13 Å². The predicted octanol–water partition coefficient (Wildman–Crippen LogP) is 5.55. The van der Waals surface area contributed by atoms with Gasteiger partial charge in [-0.25, -0.2) is 9.37 Å². The van der Waals surface area contributed by atoms with Crippen LogP contribution >= 0.6 is 23.2 Å². The summed E-state index contributed by atoms with van der Waals surface area (Å²) in [4.78, 5) is 10.4. The summed E-state index contributed by atoms with van der Waals surface area (Å²) in [7, 11) is 0. The summed E-state index contributed by atoms with van der Waals surface area (Å²) < 4.78 is 21.2. The van der Waals surface area contributed by atoms with Gasteiger partial charge in [0.1, 0.15) is 17.5 Å². The Labute approximate surface area is 211 Å². The summed E-state index contributed by atoms with van der Waals surface area (Å²) in [5.74, 6) is 0.642. The van der Waals surface area contributed by atoms with Gasteiger partial charge in [-0.3, -0.25) is 10.1 Å². The van der Waals surface area contributed by atoms with E-state index >= 15 is 4.39 Å². The lowest BCUT2D eigenvalue weighted by Crippen LogP contribution is -2.67. The maximum atomic E-state index is 15.1. The van der Waals surface area contributed by atoms with Crippen LogP contribution in [0.5, 0.6) is 5.75 Å². The lowest BCUT2D eigenvalue weighted by Gasteiger charge is -2.48. The van der Waals surface area contributed by atoms with E-state index in [0.717, 1.165) is 37.0 Å². The van der Waals surface area contributed by atoms with Crippen LogP contribution in [0.1, 0.15) is 31.4 Å². The Kier molecular flexibility index (Phi) is 5.55. The number of rotatable bonds is 5. The molecule has 35 heavy (non-hydrogen) atoms. The lowest BCUT2D eigenvalue weighted by atomic mass is 9.88. The number of benzene rings is 1. The van der Waals surface area contributed by atoms with Gasteiger partial charge in [-0.05, 0) is 50.6 Å². The Hall–Kier alpha value is -2.94. The molecule has 0 radical (unpaired) electrons. The van der Waals surface area contributed by atoms with Gasteiger partial charge in [-0.1, -0.05) is 23.2 Å². The first-order valence-corrected chi connectivity index (χ1v) is 12.3. The number of ether oxygens (including phenoxy) is 1. The Bertz CT molecular complexity index is 1390. The molecule has 0 unspecified atom stereocenters. The SMILES string of the molecule is C[C@@H](Oc1ccc2[nH]nc(-c3cnc(N4CC5(CCCN5)C4)c(F)c3)c2c1)c1c(Cl)cncc1Cl. The molecule has 0 saturated carbocycles. The van der Waals surface area contributed by atoms with Crippen LogP contribution in [0.25, 0.3) is 22.2 Å². The average molecular weight is 513 g/mol. The summed E-state index contributed by atoms with van der Waals surface area (Å²) >= 11 is 12.6. The molecule has 1 aromatic carbocycles. The molecule has 2 N–H and O–H groups in total. The molecule has 2 fully saturated rings. The van der Waals surface area contributed by atoms with E-state index in [1.165, 1.54) is 24.9 Å². The summed E-state index contributed by atoms with van der Waals surface area (Å²) in [5, 5.41) is 12.6. The number of pyridine rings is 2. The minimum absolute atomic E-state index is 0.128. The highest BCUT2D eigenvalue weighted by molar-refractivity contribution is 6.35. The Morgan fingerprint density at radius 2 is 1.94 bits per heavy atom. The molecule has 5 heterocycles. The third kappa shape index (κ3) is 3.99. The van der Waals surface area contributed by atoms with Gasteiger partial charge in [0.05, 0.1) is 21.1 Å². The zero-order chi connectivity index (χ0) is 24.2. The second kappa shape index (κ2) is 8.62. The maximum Gasteiger partial charge on any atom is 0.166 e. The molecule has 7 nitrogen and oxygen atoms in total. The van der Waals surface area contributed by atoms with Gasteiger partial charge >= 0.3 is 0 Å². The molecule has 6 rings (SSSR count). The van der Waals surface area contributed by atoms with Gasteiger partial charge in [0, 0.05) is 48.2 Å². The topological polar surface area (TPSA) is 79.0 Å². The number of hydrogen-bond donors (Lipinski definition) is 2. The number of fused-ring (bicyclic) bond motifs is 1. The van der Waals surface area contributed by atoms with Crippen molar-refractivity contribution in [3.05, 3.63) is 64.3 Å². The van der Waals surface area contributed by atoms with Crippen molar-refractivity contribution in [3.8, 4) is 17.0 Å². The third-order valence-electron chi connectivity index (χ3n) is 6.86. The van der Waals surface area contributed by atoms with E-state index in [1.54, 1.807) is 6.20 Å². The fourth-order valence-electron chi connectivity index (χ4n) is 5.12. The van der Waals surface area contributed by atoms with E-state index in [9.17, 15) is 0 Å². The number of halogens is 3. The number of hydrogen-bond acceptors (Lipinski definition) is 6. The molecule has 0 aliphatic carbocycles. The summed E-state index contributed by atoms with van der Waals surface area (Å²) in [6, 6.07) is 7.07. The molecule has 2 aliphatic heterocycles. The van der Waals surface area contributed by atoms with Gasteiger partial charge < -0.3 is 15.0 Å². The van der Waals surface area contributed by atoms with Gasteiger partial charge in [0.2, 0.25) is 0 Å². The van der Waals surface area contributed by atoms with Crippen molar-refractivity contribution in [1.29, 1.82) is 0 Å². The molecule has 1 spiro atoms. The van der Waals surface area contributed by atoms with Crippen LogP contribution in [0.4, 0.5) is 10.2 Å². The number of H-pyrrole nitrogens is 1. The maximum absolute atomic E-state index is 15.1. The first kappa shape index (κ1) is 22.5. The van der Waals surface area contributed by atoms with Crippen molar-refractivity contribution in [2.75, 3.05) is 24.5 Å². The third-order valence-corrected chi connectivity index (χ3v) is 7.46. The van der Waals surface area contributed by atoms with E-state index < -0.39 is 6.10 Å².